The number of anilines is 3. The summed E-state index contributed by atoms with van der Waals surface area (Å²) in [6.07, 6.45) is 3.20. The van der Waals surface area contributed by atoms with Gasteiger partial charge in [-0.15, -0.1) is 0 Å². The second kappa shape index (κ2) is 7.30. The van der Waals surface area contributed by atoms with Crippen LogP contribution in [-0.4, -0.2) is 9.97 Å². The fourth-order valence-corrected chi connectivity index (χ4v) is 4.13. The Kier molecular flexibility index (Phi) is 4.47. The molecular weight excluding hydrogens is 379 g/mol. The van der Waals surface area contributed by atoms with Crippen LogP contribution in [0.4, 0.5) is 21.6 Å². The van der Waals surface area contributed by atoms with Crippen LogP contribution in [0.2, 0.25) is 0 Å². The van der Waals surface area contributed by atoms with Gasteiger partial charge in [-0.2, -0.15) is 0 Å². The van der Waals surface area contributed by atoms with Crippen LogP contribution in [0.1, 0.15) is 29.2 Å². The van der Waals surface area contributed by atoms with Crippen molar-refractivity contribution >= 4 is 28.1 Å². The summed E-state index contributed by atoms with van der Waals surface area (Å²) in [5, 5.41) is 4.19. The van der Waals surface area contributed by atoms with Crippen molar-refractivity contribution in [1.82, 2.24) is 9.97 Å². The third-order valence-electron chi connectivity index (χ3n) is 5.50. The van der Waals surface area contributed by atoms with E-state index in [0.29, 0.717) is 22.9 Å². The molecule has 3 aromatic carbocycles. The van der Waals surface area contributed by atoms with E-state index in [1.54, 1.807) is 6.07 Å². The SMILES string of the molecule is Cc1cc(N)cc2ncnc(Nc3ccc(F)cc3OC3CCc4ccccc43)c12. The van der Waals surface area contributed by atoms with Gasteiger partial charge in [0.15, 0.2) is 0 Å². The van der Waals surface area contributed by atoms with Gasteiger partial charge in [-0.3, -0.25) is 0 Å². The molecule has 0 saturated heterocycles. The first-order valence-electron chi connectivity index (χ1n) is 9.90. The molecular formula is C24H21FN4O. The Hall–Kier alpha value is -3.67. The number of halogens is 1. The first kappa shape index (κ1) is 18.4. The first-order chi connectivity index (χ1) is 14.6. The molecule has 1 aromatic heterocycles. The number of ether oxygens (including phenoxy) is 1. The van der Waals surface area contributed by atoms with Crippen molar-refractivity contribution in [2.45, 2.75) is 25.9 Å². The zero-order valence-electron chi connectivity index (χ0n) is 16.5. The molecule has 150 valence electrons. The number of nitrogen functional groups attached to an aromatic ring is 1. The lowest BCUT2D eigenvalue weighted by Gasteiger charge is -2.19. The number of benzene rings is 3. The fraction of sp³-hybridized carbons (Fsp3) is 0.167. The summed E-state index contributed by atoms with van der Waals surface area (Å²) in [4.78, 5) is 8.74. The van der Waals surface area contributed by atoms with E-state index >= 15 is 0 Å². The van der Waals surface area contributed by atoms with Crippen LogP contribution < -0.4 is 15.8 Å². The second-order valence-electron chi connectivity index (χ2n) is 7.56. The highest BCUT2D eigenvalue weighted by molar-refractivity contribution is 5.95. The van der Waals surface area contributed by atoms with Crippen LogP contribution >= 0.6 is 0 Å². The van der Waals surface area contributed by atoms with Crippen LogP contribution in [0.15, 0.2) is 60.9 Å². The third-order valence-corrected chi connectivity index (χ3v) is 5.50. The standard InChI is InChI=1S/C24H21FN4O/c1-14-10-17(26)12-20-23(14)24(28-13-27-20)29-19-8-7-16(25)11-22(19)30-21-9-6-15-4-2-3-5-18(15)21/h2-5,7-8,10-13,21H,6,9,26H2,1H3,(H,27,28,29). The van der Waals surface area contributed by atoms with Crippen molar-refractivity contribution in [3.63, 3.8) is 0 Å². The van der Waals surface area contributed by atoms with Gasteiger partial charge in [0.1, 0.15) is 29.8 Å². The molecule has 6 heteroatoms. The summed E-state index contributed by atoms with van der Waals surface area (Å²) in [7, 11) is 0. The van der Waals surface area contributed by atoms with E-state index in [1.165, 1.54) is 24.0 Å². The van der Waals surface area contributed by atoms with Gasteiger partial charge >= 0.3 is 0 Å². The van der Waals surface area contributed by atoms with E-state index in [4.69, 9.17) is 10.5 Å². The molecule has 0 radical (unpaired) electrons. The number of fused-ring (bicyclic) bond motifs is 2. The summed E-state index contributed by atoms with van der Waals surface area (Å²) in [6.45, 7) is 1.96. The van der Waals surface area contributed by atoms with E-state index in [-0.39, 0.29) is 11.9 Å². The molecule has 1 aliphatic rings. The van der Waals surface area contributed by atoms with Crippen molar-refractivity contribution in [2.75, 3.05) is 11.1 Å². The number of aryl methyl sites for hydroxylation is 2. The molecule has 1 heterocycles. The van der Waals surface area contributed by atoms with Gasteiger partial charge in [-0.05, 0) is 60.7 Å². The average molecular weight is 400 g/mol. The second-order valence-corrected chi connectivity index (χ2v) is 7.56. The number of hydrogen-bond donors (Lipinski definition) is 2. The monoisotopic (exact) mass is 400 g/mol. The first-order valence-corrected chi connectivity index (χ1v) is 9.90. The number of aromatic nitrogens is 2. The molecule has 1 atom stereocenters. The zero-order valence-corrected chi connectivity index (χ0v) is 16.5. The van der Waals surface area contributed by atoms with E-state index in [1.807, 2.05) is 31.2 Å². The highest BCUT2D eigenvalue weighted by Crippen LogP contribution is 2.39. The molecule has 0 amide bonds. The molecule has 5 rings (SSSR count). The minimum atomic E-state index is -0.349. The number of hydrogen-bond acceptors (Lipinski definition) is 5. The van der Waals surface area contributed by atoms with Crippen LogP contribution in [0.3, 0.4) is 0 Å². The number of rotatable bonds is 4. The number of nitrogens with two attached hydrogens (primary N) is 1. The summed E-state index contributed by atoms with van der Waals surface area (Å²) < 4.78 is 20.4. The van der Waals surface area contributed by atoms with Gasteiger partial charge in [0.25, 0.3) is 0 Å². The third kappa shape index (κ3) is 3.30. The molecule has 4 aromatic rings. The lowest BCUT2D eigenvalue weighted by atomic mass is 10.1. The normalized spacial score (nSPS) is 15.2. The predicted octanol–water partition coefficient (Wildman–Crippen LogP) is 5.47. The summed E-state index contributed by atoms with van der Waals surface area (Å²) in [5.74, 6) is 0.732. The highest BCUT2D eigenvalue weighted by atomic mass is 19.1. The van der Waals surface area contributed by atoms with Crippen molar-refractivity contribution in [1.29, 1.82) is 0 Å². The van der Waals surface area contributed by atoms with E-state index in [2.05, 4.69) is 27.4 Å². The van der Waals surface area contributed by atoms with Crippen molar-refractivity contribution in [3.05, 3.63) is 83.4 Å². The summed E-state index contributed by atoms with van der Waals surface area (Å²) >= 11 is 0. The Morgan fingerprint density at radius 3 is 2.87 bits per heavy atom. The predicted molar refractivity (Wildman–Crippen MR) is 117 cm³/mol. The fourth-order valence-electron chi connectivity index (χ4n) is 4.13. The Balaban J connectivity index is 1.52. The van der Waals surface area contributed by atoms with E-state index in [0.717, 1.165) is 34.9 Å². The van der Waals surface area contributed by atoms with E-state index in [9.17, 15) is 4.39 Å². The molecule has 3 N–H and O–H groups in total. The van der Waals surface area contributed by atoms with Crippen molar-refractivity contribution < 1.29 is 9.13 Å². The number of nitrogens with one attached hydrogen (secondary N) is 1. The van der Waals surface area contributed by atoms with Gasteiger partial charge in [-0.25, -0.2) is 14.4 Å². The van der Waals surface area contributed by atoms with Crippen LogP contribution in [0.5, 0.6) is 5.75 Å². The maximum atomic E-state index is 14.1. The Labute approximate surface area is 173 Å². The molecule has 0 aliphatic heterocycles. The molecule has 0 fully saturated rings. The molecule has 0 saturated carbocycles. The Bertz CT molecular complexity index is 1260. The van der Waals surface area contributed by atoms with Crippen LogP contribution in [0.25, 0.3) is 10.9 Å². The molecule has 5 nitrogen and oxygen atoms in total. The average Bonchev–Trinajstić information content (AvgIpc) is 3.13. The maximum absolute atomic E-state index is 14.1. The molecule has 0 spiro atoms. The largest absolute Gasteiger partial charge is 0.483 e. The minimum Gasteiger partial charge on any atom is -0.483 e. The Morgan fingerprint density at radius 2 is 1.97 bits per heavy atom. The van der Waals surface area contributed by atoms with Gasteiger partial charge in [0, 0.05) is 17.1 Å². The van der Waals surface area contributed by atoms with Crippen LogP contribution in [-0.2, 0) is 6.42 Å². The quantitative estimate of drug-likeness (QED) is 0.445. The molecule has 0 bridgehead atoms. The smallest absolute Gasteiger partial charge is 0.146 e. The molecule has 1 aliphatic carbocycles. The maximum Gasteiger partial charge on any atom is 0.146 e. The summed E-state index contributed by atoms with van der Waals surface area (Å²) in [5.41, 5.74) is 11.4. The topological polar surface area (TPSA) is 73.1 Å². The van der Waals surface area contributed by atoms with Gasteiger partial charge in [0.05, 0.1) is 11.2 Å². The van der Waals surface area contributed by atoms with Crippen LogP contribution in [0, 0.1) is 12.7 Å². The molecule has 30 heavy (non-hydrogen) atoms. The highest BCUT2D eigenvalue weighted by Gasteiger charge is 2.24. The summed E-state index contributed by atoms with van der Waals surface area (Å²) in [6, 6.07) is 16.4. The van der Waals surface area contributed by atoms with E-state index < -0.39 is 0 Å². The molecule has 1 unspecified atom stereocenters. The zero-order chi connectivity index (χ0) is 20.7. The minimum absolute atomic E-state index is 0.104. The lowest BCUT2D eigenvalue weighted by Crippen LogP contribution is -2.06. The lowest BCUT2D eigenvalue weighted by molar-refractivity contribution is 0.208. The van der Waals surface area contributed by atoms with Gasteiger partial charge in [-0.1, -0.05) is 24.3 Å². The van der Waals surface area contributed by atoms with Gasteiger partial charge < -0.3 is 15.8 Å². The Morgan fingerprint density at radius 1 is 1.10 bits per heavy atom. The van der Waals surface area contributed by atoms with Crippen molar-refractivity contribution in [3.8, 4) is 5.75 Å². The van der Waals surface area contributed by atoms with Crippen molar-refractivity contribution in [2.24, 2.45) is 0 Å². The number of nitrogens with zero attached hydrogens (tertiary/aromatic N) is 2. The van der Waals surface area contributed by atoms with Gasteiger partial charge in [0.2, 0.25) is 0 Å².